The first-order chi connectivity index (χ1) is 17.6. The Labute approximate surface area is 217 Å². The average Bonchev–Trinajstić information content (AvgIpc) is 3.30. The second-order valence-corrected chi connectivity index (χ2v) is 9.50. The highest BCUT2D eigenvalue weighted by atomic mass is 16.5. The Morgan fingerprint density at radius 1 is 1.11 bits per heavy atom. The molecule has 37 heavy (non-hydrogen) atoms. The fourth-order valence-electron chi connectivity index (χ4n) is 3.88. The number of anilines is 1. The Morgan fingerprint density at radius 2 is 1.81 bits per heavy atom. The van der Waals surface area contributed by atoms with E-state index in [1.807, 2.05) is 35.2 Å². The fraction of sp³-hybridized carbons (Fsp3) is 0.480. The number of ether oxygens (including phenoxy) is 1. The van der Waals surface area contributed by atoms with Gasteiger partial charge in [0.25, 0.3) is 5.91 Å². The van der Waals surface area contributed by atoms with Crippen LogP contribution in [0.5, 0.6) is 0 Å². The highest BCUT2D eigenvalue weighted by Crippen LogP contribution is 2.11. The van der Waals surface area contributed by atoms with E-state index in [4.69, 9.17) is 12.6 Å². The fourth-order valence-corrected chi connectivity index (χ4v) is 3.88. The van der Waals surface area contributed by atoms with Crippen molar-refractivity contribution >= 4 is 37.2 Å². The molecule has 1 fully saturated rings. The van der Waals surface area contributed by atoms with Crippen molar-refractivity contribution < 1.29 is 23.9 Å². The number of hydrogen-bond acceptors (Lipinski definition) is 6. The van der Waals surface area contributed by atoms with Crippen LogP contribution < -0.4 is 16.0 Å². The van der Waals surface area contributed by atoms with Gasteiger partial charge in [-0.25, -0.2) is 4.98 Å². The zero-order valence-electron chi connectivity index (χ0n) is 21.2. The number of nitrogens with one attached hydrogen (secondary N) is 3. The van der Waals surface area contributed by atoms with Crippen molar-refractivity contribution in [3.63, 3.8) is 0 Å². The highest BCUT2D eigenvalue weighted by molar-refractivity contribution is 6.57. The molecule has 2 radical (unpaired) electrons. The second kappa shape index (κ2) is 13.0. The third-order valence-corrected chi connectivity index (χ3v) is 5.93. The van der Waals surface area contributed by atoms with Crippen LogP contribution in [0.4, 0.5) is 10.6 Å². The molecule has 2 aromatic rings. The lowest BCUT2D eigenvalue weighted by Gasteiger charge is -2.27. The number of aromatic nitrogens is 2. The number of carbonyl (C=O) groups is 4. The molecule has 1 aliphatic rings. The molecule has 11 nitrogen and oxygen atoms in total. The maximum atomic E-state index is 13.1. The first-order valence-corrected chi connectivity index (χ1v) is 12.2. The summed E-state index contributed by atoms with van der Waals surface area (Å²) in [5.74, 6) is -1.82. The summed E-state index contributed by atoms with van der Waals surface area (Å²) in [6.45, 7) is 4.66. The van der Waals surface area contributed by atoms with E-state index in [9.17, 15) is 19.2 Å². The zero-order chi connectivity index (χ0) is 26.8. The Kier molecular flexibility index (Phi) is 9.84. The predicted molar refractivity (Wildman–Crippen MR) is 138 cm³/mol. The van der Waals surface area contributed by atoms with Gasteiger partial charge in [0, 0.05) is 19.3 Å². The van der Waals surface area contributed by atoms with Gasteiger partial charge in [0.15, 0.2) is 11.6 Å². The topological polar surface area (TPSA) is 135 Å². The lowest BCUT2D eigenvalue weighted by atomic mass is 10.00. The van der Waals surface area contributed by atoms with E-state index >= 15 is 0 Å². The monoisotopic (exact) mass is 508 g/mol. The summed E-state index contributed by atoms with van der Waals surface area (Å²) < 4.78 is 7.30. The van der Waals surface area contributed by atoms with Crippen molar-refractivity contribution in [2.24, 2.45) is 0 Å². The van der Waals surface area contributed by atoms with Gasteiger partial charge in [0.1, 0.15) is 18.1 Å². The van der Waals surface area contributed by atoms with Crippen molar-refractivity contribution in [3.05, 3.63) is 48.4 Å². The minimum absolute atomic E-state index is 0.00129. The lowest BCUT2D eigenvalue weighted by molar-refractivity contribution is -0.132. The minimum Gasteiger partial charge on any atom is -0.374 e. The highest BCUT2D eigenvalue weighted by Gasteiger charge is 2.32. The van der Waals surface area contributed by atoms with Crippen molar-refractivity contribution in [1.82, 2.24) is 25.1 Å². The molecule has 12 heteroatoms. The lowest BCUT2D eigenvalue weighted by Crippen LogP contribution is -2.59. The van der Waals surface area contributed by atoms with E-state index in [2.05, 4.69) is 20.9 Å². The maximum Gasteiger partial charge on any atom is 0.250 e. The van der Waals surface area contributed by atoms with Crippen LogP contribution in [0.1, 0.15) is 38.7 Å². The van der Waals surface area contributed by atoms with Crippen molar-refractivity contribution in [1.29, 1.82) is 0 Å². The van der Waals surface area contributed by atoms with Gasteiger partial charge in [-0.05, 0) is 38.7 Å². The Hall–Kier alpha value is -3.67. The number of rotatable bonds is 11. The predicted octanol–water partition coefficient (Wildman–Crippen LogP) is 1.19. The van der Waals surface area contributed by atoms with E-state index in [0.29, 0.717) is 0 Å². The molecule has 0 spiro atoms. The molecule has 3 rings (SSSR count). The third kappa shape index (κ3) is 8.74. The summed E-state index contributed by atoms with van der Waals surface area (Å²) in [4.78, 5) is 55.7. The van der Waals surface area contributed by atoms with Crippen LogP contribution in [-0.4, -0.2) is 77.1 Å². The Bertz CT molecular complexity index is 1080. The number of hydrogen-bond donors (Lipinski definition) is 3. The molecule has 3 N–H and O–H groups in total. The van der Waals surface area contributed by atoms with Gasteiger partial charge in [-0.15, -0.1) is 0 Å². The van der Waals surface area contributed by atoms with Crippen LogP contribution in [0.25, 0.3) is 0 Å². The van der Waals surface area contributed by atoms with Crippen LogP contribution in [0.2, 0.25) is 0 Å². The molecule has 0 bridgehead atoms. The number of piperidine rings is 1. The van der Waals surface area contributed by atoms with Crippen LogP contribution in [0, 0.1) is 0 Å². The molecular formula is C25H33BN6O5. The summed E-state index contributed by atoms with van der Waals surface area (Å²) >= 11 is 0. The number of carbonyl (C=O) groups excluding carboxylic acids is 4. The van der Waals surface area contributed by atoms with Crippen LogP contribution in [0.3, 0.4) is 0 Å². The smallest absolute Gasteiger partial charge is 0.250 e. The van der Waals surface area contributed by atoms with Crippen molar-refractivity contribution in [2.45, 2.75) is 57.8 Å². The number of benzene rings is 1. The van der Waals surface area contributed by atoms with Gasteiger partial charge >= 0.3 is 0 Å². The summed E-state index contributed by atoms with van der Waals surface area (Å²) in [7, 11) is 5.17. The molecule has 0 unspecified atom stereocenters. The molecule has 2 heterocycles. The van der Waals surface area contributed by atoms with Gasteiger partial charge in [-0.3, -0.25) is 19.2 Å². The standard InChI is InChI=1S/C25H33BN6O5/c1-25(2,30-24(26)36)23(35)28-19(16-37-15-18-9-5-3-6-10-18)22(34)29-20-13-31(17-27-20)14-21(33)32-11-7-4-8-12-32/h3,5-6,9-10,13,17,19H,4,7-8,11-12,14-16H2,1-2H3,(H,28,35)(H,29,34)(H,30,36)/t19-/m1/s1. The summed E-state index contributed by atoms with van der Waals surface area (Å²) in [6, 6.07) is 8.29. The minimum atomic E-state index is -1.36. The van der Waals surface area contributed by atoms with Crippen LogP contribution in [-0.2, 0) is 32.3 Å². The largest absolute Gasteiger partial charge is 0.374 e. The first kappa shape index (κ1) is 27.9. The van der Waals surface area contributed by atoms with E-state index in [0.717, 1.165) is 37.9 Å². The number of likely N-dealkylation sites (tertiary alicyclic amines) is 1. The van der Waals surface area contributed by atoms with E-state index in [1.54, 1.807) is 10.8 Å². The number of nitrogens with zero attached hydrogens (tertiary/aromatic N) is 3. The zero-order valence-corrected chi connectivity index (χ0v) is 21.2. The first-order valence-electron chi connectivity index (χ1n) is 12.2. The summed E-state index contributed by atoms with van der Waals surface area (Å²) in [5.41, 5.74) is -0.457. The van der Waals surface area contributed by atoms with Gasteiger partial charge in [0.05, 0.1) is 19.5 Å². The van der Waals surface area contributed by atoms with Gasteiger partial charge in [-0.2, -0.15) is 0 Å². The molecule has 1 saturated heterocycles. The van der Waals surface area contributed by atoms with Gasteiger partial charge in [-0.1, -0.05) is 30.3 Å². The van der Waals surface area contributed by atoms with E-state index < -0.39 is 29.2 Å². The molecule has 1 aromatic heterocycles. The van der Waals surface area contributed by atoms with E-state index in [-0.39, 0.29) is 31.5 Å². The molecule has 1 aromatic carbocycles. The molecule has 1 atom stereocenters. The maximum absolute atomic E-state index is 13.1. The van der Waals surface area contributed by atoms with Crippen molar-refractivity contribution in [3.8, 4) is 0 Å². The molecule has 196 valence electrons. The molecule has 4 amide bonds. The van der Waals surface area contributed by atoms with E-state index in [1.165, 1.54) is 20.2 Å². The molecule has 1 aliphatic heterocycles. The average molecular weight is 508 g/mol. The summed E-state index contributed by atoms with van der Waals surface area (Å²) in [6.07, 6.45) is 6.16. The van der Waals surface area contributed by atoms with Crippen LogP contribution >= 0.6 is 0 Å². The van der Waals surface area contributed by atoms with Crippen LogP contribution in [0.15, 0.2) is 42.9 Å². The molecule has 0 aliphatic carbocycles. The third-order valence-electron chi connectivity index (χ3n) is 5.93. The molecule has 0 saturated carbocycles. The number of imidazole rings is 1. The second-order valence-electron chi connectivity index (χ2n) is 9.50. The Balaban J connectivity index is 1.63. The quantitative estimate of drug-likeness (QED) is 0.391. The Morgan fingerprint density at radius 3 is 2.49 bits per heavy atom. The van der Waals surface area contributed by atoms with Crippen molar-refractivity contribution in [2.75, 3.05) is 25.0 Å². The SMILES string of the molecule is [B]C(=O)NC(C)(C)C(=O)N[C@H](COCc1ccccc1)C(=O)Nc1cn(CC(=O)N2CCCCC2)cn1. The molecular weight excluding hydrogens is 475 g/mol. The normalized spacial score (nSPS) is 14.5. The number of amides is 4. The summed E-state index contributed by atoms with van der Waals surface area (Å²) in [5, 5.41) is 7.61. The van der Waals surface area contributed by atoms with Gasteiger partial charge in [0.2, 0.25) is 19.7 Å². The van der Waals surface area contributed by atoms with Gasteiger partial charge < -0.3 is 30.2 Å².